The van der Waals surface area contributed by atoms with Crippen molar-refractivity contribution < 1.29 is 9.13 Å². The third-order valence-corrected chi connectivity index (χ3v) is 22.1. The lowest BCUT2D eigenvalue weighted by molar-refractivity contribution is 0.0875. The number of anilines is 4. The Bertz CT molecular complexity index is 4820. The Morgan fingerprint density at radius 3 is 1.48 bits per heavy atom. The predicted molar refractivity (Wildman–Crippen MR) is 527 cm³/mol. The van der Waals surface area contributed by atoms with Crippen molar-refractivity contribution in [1.82, 2.24) is 59.8 Å². The van der Waals surface area contributed by atoms with Crippen LogP contribution in [-0.4, -0.2) is 111 Å². The van der Waals surface area contributed by atoms with Gasteiger partial charge < -0.3 is 25.2 Å². The van der Waals surface area contributed by atoms with E-state index in [9.17, 15) is 4.39 Å². The summed E-state index contributed by atoms with van der Waals surface area (Å²) in [4.78, 5) is 56.9. The molecule has 0 bridgehead atoms. The molecule has 13 heterocycles. The van der Waals surface area contributed by atoms with E-state index in [0.29, 0.717) is 82.5 Å². The maximum atomic E-state index is 13.0. The average molecular weight is 1750 g/mol. The highest BCUT2D eigenvalue weighted by molar-refractivity contribution is 7.13. The van der Waals surface area contributed by atoms with E-state index in [-0.39, 0.29) is 11.7 Å². The summed E-state index contributed by atoms with van der Waals surface area (Å²) in [7, 11) is 0. The van der Waals surface area contributed by atoms with Gasteiger partial charge in [-0.05, 0) is 226 Å². The van der Waals surface area contributed by atoms with Gasteiger partial charge in [-0.25, -0.2) is 44.3 Å². The van der Waals surface area contributed by atoms with Crippen LogP contribution in [0.3, 0.4) is 0 Å². The molecule has 1 aromatic carbocycles. The number of aromatic nitrogens is 12. The first-order chi connectivity index (χ1) is 60.0. The van der Waals surface area contributed by atoms with Gasteiger partial charge in [-0.15, -0.1) is 11.3 Å². The van der Waals surface area contributed by atoms with Gasteiger partial charge >= 0.3 is 0 Å². The predicted octanol–water partition coefficient (Wildman–Crippen LogP) is 27.3. The van der Waals surface area contributed by atoms with Gasteiger partial charge in [-0.3, -0.25) is 19.9 Å². The molecule has 3 saturated heterocycles. The zero-order valence-electron chi connectivity index (χ0n) is 80.6. The monoisotopic (exact) mass is 1750 g/mol. The highest BCUT2D eigenvalue weighted by atomic mass is 35.5. The van der Waals surface area contributed by atoms with Crippen LogP contribution in [0.25, 0.3) is 10.6 Å². The molecule has 678 valence electrons. The van der Waals surface area contributed by atoms with E-state index < -0.39 is 0 Å². The van der Waals surface area contributed by atoms with Crippen molar-refractivity contribution in [3.63, 3.8) is 0 Å². The summed E-state index contributed by atoms with van der Waals surface area (Å²) in [6.45, 7) is 60.9. The standard InChI is InChI=1S/C14H19N3.C13H20N2O.C13H20N2.C12H13NS.C10H15N3.C9H12ClN.C9H12FN.C9H13N.C8H12N2.C8H11N/c1-10(2)13-5-4-12(8-15)14(16-13)17-7-6-11(3)9-17;1-10(2)12-6-3-7-13(15-12)14-11-5-4-8-16-9-11;1-10(2)12-5-4-6-13(14-12)15-8-7-11(3)9-15;1-9(2)11-8-14-12(13-11)10-6-4-3-5-7-10;1-7(2)9-5-6-11-10(13-9)12-8-3-4-8;2*1-6(2)9-8(10)4-7(3)5-11-9;1-7(2)9-5-4-8(3)6-10-9;1-6(2)8-9-4-7(3)5-10-8;1-7(2)8-5-3-4-6-9-8/h4-5,10-11H,6-7,9H2,1-3H3;3,6-7,10-11H,4-5,8-9H2,1-2H3,(H,14,15);4-6,10-11H,7-9H2,1-3H3;3-9H,1-2H3;5-8H,3-4H2,1-2H3,(H,11,12,13);2*4-6H,1-3H3;4-7H,1-3H3;4-6H,1-3H3;3-7H,1-2H3. The van der Waals surface area contributed by atoms with Crippen LogP contribution in [0, 0.1) is 56.7 Å². The summed E-state index contributed by atoms with van der Waals surface area (Å²) < 4.78 is 18.5. The highest BCUT2D eigenvalue weighted by Crippen LogP contribution is 2.31. The minimum Gasteiger partial charge on any atom is -0.379 e. The molecule has 1 saturated carbocycles. The number of thiazole rings is 1. The van der Waals surface area contributed by atoms with E-state index in [0.717, 1.165) is 136 Å². The first-order valence-electron chi connectivity index (χ1n) is 45.6. The fraction of sp³-hybridized carbons (Fsp3) is 0.495. The second kappa shape index (κ2) is 54.8. The van der Waals surface area contributed by atoms with Crippen molar-refractivity contribution in [1.29, 1.82) is 5.26 Å². The summed E-state index contributed by atoms with van der Waals surface area (Å²) in [5.41, 5.74) is 15.8. The Morgan fingerprint density at radius 2 is 0.976 bits per heavy atom. The largest absolute Gasteiger partial charge is 0.379 e. The maximum Gasteiger partial charge on any atom is 0.223 e. The first kappa shape index (κ1) is 105. The number of hydrogen-bond acceptors (Lipinski definition) is 19. The van der Waals surface area contributed by atoms with Crippen LogP contribution in [0.4, 0.5) is 27.8 Å². The number of benzene rings is 1. The molecule has 0 radical (unpaired) electrons. The van der Waals surface area contributed by atoms with Crippen molar-refractivity contribution >= 4 is 46.3 Å². The van der Waals surface area contributed by atoms with Crippen molar-refractivity contribution in [2.75, 3.05) is 59.8 Å². The fourth-order valence-electron chi connectivity index (χ4n) is 12.9. The number of aryl methyl sites for hydroxylation is 4. The van der Waals surface area contributed by atoms with E-state index >= 15 is 0 Å². The molecule has 3 atom stereocenters. The lowest BCUT2D eigenvalue weighted by atomic mass is 10.1. The van der Waals surface area contributed by atoms with Crippen LogP contribution in [0.2, 0.25) is 5.02 Å². The molecular weight excluding hydrogens is 1600 g/mol. The van der Waals surface area contributed by atoms with Crippen LogP contribution >= 0.6 is 22.9 Å². The molecule has 10 aromatic heterocycles. The van der Waals surface area contributed by atoms with Gasteiger partial charge in [0.25, 0.3) is 0 Å². The summed E-state index contributed by atoms with van der Waals surface area (Å²) in [5, 5.41) is 19.9. The van der Waals surface area contributed by atoms with Gasteiger partial charge in [0, 0.05) is 133 Å². The zero-order chi connectivity index (χ0) is 92.5. The van der Waals surface area contributed by atoms with Crippen LogP contribution < -0.4 is 20.4 Å². The normalized spacial score (nSPS) is 15.0. The number of rotatable bonds is 17. The summed E-state index contributed by atoms with van der Waals surface area (Å²) in [6, 6.07) is 45.7. The van der Waals surface area contributed by atoms with Crippen molar-refractivity contribution in [2.45, 2.75) is 290 Å². The van der Waals surface area contributed by atoms with Gasteiger partial charge in [0.05, 0.1) is 40.3 Å². The molecule has 126 heavy (non-hydrogen) atoms. The SMILES string of the molecule is CC(C)c1cccc(NC2CCCOC2)n1.CC(C)c1ccccn1.CC(C)c1ccnc(NC2CC2)n1.CC(C)c1csc(-c2ccccc2)n1.CC1CCN(c2cccc(C(C)C)n2)C1.CC1CCN(c2nc(C(C)C)ccc2C#N)C1.Cc1ccc(C(C)C)nc1.Cc1cnc(C(C)C)c(Cl)c1.Cc1cnc(C(C)C)c(F)c1.Cc1cnc(C(C)C)nc1. The topological polar surface area (TPSA) is 218 Å². The zero-order valence-corrected chi connectivity index (χ0v) is 82.2. The fourth-order valence-corrected chi connectivity index (χ4v) is 14.3. The molecule has 4 aliphatic rings. The van der Waals surface area contributed by atoms with E-state index in [1.165, 1.54) is 66.4 Å². The van der Waals surface area contributed by atoms with Gasteiger partial charge in [-0.1, -0.05) is 219 Å². The third-order valence-electron chi connectivity index (χ3n) is 20.8. The van der Waals surface area contributed by atoms with Crippen LogP contribution in [-0.2, 0) is 4.74 Å². The molecule has 18 nitrogen and oxygen atoms in total. The van der Waals surface area contributed by atoms with Crippen LogP contribution in [0.15, 0.2) is 176 Å². The van der Waals surface area contributed by atoms with Gasteiger partial charge in [0.1, 0.15) is 40.2 Å². The average Bonchev–Trinajstić information content (AvgIpc) is 1.48. The third kappa shape index (κ3) is 38.2. The Hall–Kier alpha value is -10.1. The van der Waals surface area contributed by atoms with Gasteiger partial charge in [0.2, 0.25) is 5.95 Å². The lowest BCUT2D eigenvalue weighted by Crippen LogP contribution is -2.30. The lowest BCUT2D eigenvalue weighted by Gasteiger charge is -2.23. The Kier molecular flexibility index (Phi) is 45.6. The number of nitrogens with zero attached hydrogens (tertiary/aromatic N) is 15. The minimum absolute atomic E-state index is 0.163. The second-order valence-electron chi connectivity index (χ2n) is 36.4. The highest BCUT2D eigenvalue weighted by Gasteiger charge is 2.25. The molecule has 0 amide bonds. The Morgan fingerprint density at radius 1 is 0.444 bits per heavy atom. The molecule has 4 fully saturated rings. The maximum absolute atomic E-state index is 13.0. The van der Waals surface area contributed by atoms with Crippen molar-refractivity contribution in [3.05, 3.63) is 272 Å². The van der Waals surface area contributed by atoms with Crippen molar-refractivity contribution in [3.8, 4) is 16.6 Å². The smallest absolute Gasteiger partial charge is 0.223 e. The summed E-state index contributed by atoms with van der Waals surface area (Å²) in [5.74, 6) is 10.5. The van der Waals surface area contributed by atoms with Gasteiger partial charge in [0.15, 0.2) is 0 Å². The Balaban J connectivity index is 0.000000218. The van der Waals surface area contributed by atoms with E-state index in [1.807, 2.05) is 139 Å². The minimum atomic E-state index is -0.194. The molecule has 1 aliphatic carbocycles. The molecule has 3 unspecified atom stereocenters. The number of hydrogen-bond donors (Lipinski definition) is 2. The molecule has 3 aliphatic heterocycles. The molecule has 11 aromatic rings. The van der Waals surface area contributed by atoms with Crippen LogP contribution in [0.5, 0.6) is 0 Å². The molecular formula is C105H147ClFN17OS. The summed E-state index contributed by atoms with van der Waals surface area (Å²) >= 11 is 7.68. The number of nitriles is 1. The van der Waals surface area contributed by atoms with Crippen LogP contribution in [0.1, 0.15) is 335 Å². The molecule has 15 rings (SSSR count). The van der Waals surface area contributed by atoms with Crippen molar-refractivity contribution in [2.24, 2.45) is 11.8 Å². The Labute approximate surface area is 765 Å². The molecule has 21 heteroatoms. The number of ether oxygens (including phenoxy) is 1. The van der Waals surface area contributed by atoms with Gasteiger partial charge in [-0.2, -0.15) is 5.26 Å². The first-order valence-corrected chi connectivity index (χ1v) is 46.9. The number of pyridine rings is 7. The summed E-state index contributed by atoms with van der Waals surface area (Å²) in [6.07, 6.45) is 20.1. The van der Waals surface area contributed by atoms with E-state index in [2.05, 4.69) is 287 Å². The quantitative estimate of drug-likeness (QED) is 0.0866. The molecule has 0 spiro atoms. The molecule has 2 N–H and O–H groups in total. The van der Waals surface area contributed by atoms with E-state index in [4.69, 9.17) is 26.6 Å². The van der Waals surface area contributed by atoms with E-state index in [1.54, 1.807) is 17.5 Å². The number of halogens is 2. The second-order valence-corrected chi connectivity index (χ2v) is 37.7. The number of nitrogens with one attached hydrogen (secondary N) is 2.